The Balaban J connectivity index is 1.32. The second-order valence-corrected chi connectivity index (χ2v) is 11.0. The number of aromatic nitrogens is 1. The topological polar surface area (TPSA) is 79.4 Å². The highest BCUT2D eigenvalue weighted by Crippen LogP contribution is 2.47. The van der Waals surface area contributed by atoms with Gasteiger partial charge >= 0.3 is 0 Å². The van der Waals surface area contributed by atoms with E-state index in [1.54, 1.807) is 46.9 Å². The van der Waals surface area contributed by atoms with E-state index in [1.165, 1.54) is 10.4 Å². The number of thiophene rings is 1. The molecule has 1 aliphatic heterocycles. The summed E-state index contributed by atoms with van der Waals surface area (Å²) in [5.74, 6) is -0.650. The molecule has 0 spiro atoms. The van der Waals surface area contributed by atoms with Crippen LogP contribution in [0, 0.1) is 5.92 Å². The van der Waals surface area contributed by atoms with Crippen LogP contribution in [0.2, 0.25) is 0 Å². The van der Waals surface area contributed by atoms with Crippen LogP contribution in [-0.4, -0.2) is 34.2 Å². The number of amides is 3. The van der Waals surface area contributed by atoms with Crippen molar-refractivity contribution in [2.75, 3.05) is 11.9 Å². The molecule has 0 radical (unpaired) electrons. The average Bonchev–Trinajstić information content (AvgIpc) is 3.47. The second kappa shape index (κ2) is 8.14. The molecule has 0 fully saturated rings. The van der Waals surface area contributed by atoms with Crippen molar-refractivity contribution in [3.8, 4) is 10.6 Å². The number of rotatable bonds is 4. The monoisotopic (exact) mass is 487 g/mol. The van der Waals surface area contributed by atoms with Gasteiger partial charge in [0.1, 0.15) is 16.6 Å². The number of thiazole rings is 1. The number of nitrogens with one attached hydrogen (secondary N) is 1. The van der Waals surface area contributed by atoms with Crippen molar-refractivity contribution in [1.29, 1.82) is 0 Å². The first kappa shape index (κ1) is 21.2. The van der Waals surface area contributed by atoms with Gasteiger partial charge in [0, 0.05) is 10.4 Å². The molecule has 0 unspecified atom stereocenters. The van der Waals surface area contributed by atoms with Gasteiger partial charge in [-0.1, -0.05) is 31.2 Å². The fourth-order valence-corrected chi connectivity index (χ4v) is 7.27. The Bertz CT molecular complexity index is 1420. The van der Waals surface area contributed by atoms with E-state index < -0.39 is 11.8 Å². The number of carbonyl (C=O) groups is 3. The van der Waals surface area contributed by atoms with Crippen LogP contribution in [0.3, 0.4) is 0 Å². The van der Waals surface area contributed by atoms with Gasteiger partial charge in [0.25, 0.3) is 11.8 Å². The molecule has 1 N–H and O–H groups in total. The fourth-order valence-electron chi connectivity index (χ4n) is 4.74. The number of carbonyl (C=O) groups excluding carboxylic acids is 3. The lowest BCUT2D eigenvalue weighted by Crippen LogP contribution is -2.37. The zero-order chi connectivity index (χ0) is 23.4. The molecule has 3 amide bonds. The quantitative estimate of drug-likeness (QED) is 0.392. The van der Waals surface area contributed by atoms with Crippen LogP contribution in [-0.2, 0) is 17.6 Å². The van der Waals surface area contributed by atoms with Crippen LogP contribution in [0.4, 0.5) is 5.00 Å². The van der Waals surface area contributed by atoms with Gasteiger partial charge in [0.05, 0.1) is 21.3 Å². The standard InChI is InChI=1S/C26H21N3O3S2/c1-14-10-11-17-20(12-14)34-24(22(17)23-27-18-8-4-5-9-19(18)33-23)28-21(30)13-29-25(31)15-6-2-3-7-16(15)26(29)32/h2-9,14H,10-13H2,1H3,(H,28,30)/t14-/m1/s1. The number of fused-ring (bicyclic) bond motifs is 3. The maximum atomic E-state index is 13.1. The molecule has 2 aromatic heterocycles. The highest BCUT2D eigenvalue weighted by Gasteiger charge is 2.36. The fraction of sp³-hybridized carbons (Fsp3) is 0.231. The molecule has 3 heterocycles. The van der Waals surface area contributed by atoms with E-state index in [-0.39, 0.29) is 12.5 Å². The number of para-hydroxylation sites is 1. The Labute approximate surface area is 204 Å². The molecule has 1 aliphatic carbocycles. The zero-order valence-electron chi connectivity index (χ0n) is 18.5. The van der Waals surface area contributed by atoms with Crippen molar-refractivity contribution in [2.24, 2.45) is 5.92 Å². The molecule has 2 aliphatic rings. The van der Waals surface area contributed by atoms with Gasteiger partial charge in [-0.2, -0.15) is 0 Å². The van der Waals surface area contributed by atoms with E-state index in [1.807, 2.05) is 18.2 Å². The Kier molecular flexibility index (Phi) is 5.08. The molecule has 0 bridgehead atoms. The first-order valence-electron chi connectivity index (χ1n) is 11.2. The number of benzene rings is 2. The van der Waals surface area contributed by atoms with E-state index in [0.29, 0.717) is 17.0 Å². The van der Waals surface area contributed by atoms with Crippen LogP contribution in [0.25, 0.3) is 20.8 Å². The normalized spacial score (nSPS) is 17.2. The van der Waals surface area contributed by atoms with E-state index in [0.717, 1.165) is 50.0 Å². The Hall–Kier alpha value is -3.36. The molecular weight excluding hydrogens is 466 g/mol. The smallest absolute Gasteiger partial charge is 0.262 e. The molecule has 6 nitrogen and oxygen atoms in total. The molecule has 34 heavy (non-hydrogen) atoms. The summed E-state index contributed by atoms with van der Waals surface area (Å²) in [4.78, 5) is 45.6. The van der Waals surface area contributed by atoms with Crippen LogP contribution in [0.1, 0.15) is 44.5 Å². The molecule has 4 aromatic rings. The minimum absolute atomic E-state index is 0.315. The van der Waals surface area contributed by atoms with Gasteiger partial charge in [-0.05, 0) is 55.0 Å². The summed E-state index contributed by atoms with van der Waals surface area (Å²) >= 11 is 3.21. The Morgan fingerprint density at radius 3 is 2.50 bits per heavy atom. The van der Waals surface area contributed by atoms with E-state index >= 15 is 0 Å². The third-order valence-corrected chi connectivity index (χ3v) is 8.68. The predicted molar refractivity (Wildman–Crippen MR) is 135 cm³/mol. The van der Waals surface area contributed by atoms with E-state index in [4.69, 9.17) is 4.98 Å². The number of imide groups is 1. The predicted octanol–water partition coefficient (Wildman–Crippen LogP) is 5.38. The molecular formula is C26H21N3O3S2. The van der Waals surface area contributed by atoms with Crippen molar-refractivity contribution >= 4 is 55.6 Å². The third kappa shape index (κ3) is 3.45. The average molecular weight is 488 g/mol. The lowest BCUT2D eigenvalue weighted by atomic mass is 9.88. The lowest BCUT2D eigenvalue weighted by molar-refractivity contribution is -0.116. The molecule has 0 saturated heterocycles. The van der Waals surface area contributed by atoms with Gasteiger partial charge < -0.3 is 5.32 Å². The summed E-state index contributed by atoms with van der Waals surface area (Å²) in [6.45, 7) is 1.94. The molecule has 0 saturated carbocycles. The minimum atomic E-state index is -0.429. The van der Waals surface area contributed by atoms with Crippen molar-refractivity contribution in [1.82, 2.24) is 9.88 Å². The minimum Gasteiger partial charge on any atom is -0.316 e. The van der Waals surface area contributed by atoms with Crippen LogP contribution in [0.15, 0.2) is 48.5 Å². The number of nitrogens with zero attached hydrogens (tertiary/aromatic N) is 2. The third-order valence-electron chi connectivity index (χ3n) is 6.45. The van der Waals surface area contributed by atoms with Gasteiger partial charge in [0.15, 0.2) is 0 Å². The largest absolute Gasteiger partial charge is 0.316 e. The van der Waals surface area contributed by atoms with Crippen molar-refractivity contribution in [3.05, 3.63) is 70.1 Å². The molecule has 1 atom stereocenters. The summed E-state index contributed by atoms with van der Waals surface area (Å²) in [5.41, 5.74) is 3.88. The maximum absolute atomic E-state index is 13.1. The SMILES string of the molecule is C[C@@H]1CCc2c(sc(NC(=O)CN3C(=O)c4ccccc4C3=O)c2-c2nc3ccccc3s2)C1. The highest BCUT2D eigenvalue weighted by molar-refractivity contribution is 7.23. The molecule has 8 heteroatoms. The van der Waals surface area contributed by atoms with Crippen LogP contribution >= 0.6 is 22.7 Å². The number of anilines is 1. The summed E-state index contributed by atoms with van der Waals surface area (Å²) in [6.07, 6.45) is 3.03. The summed E-state index contributed by atoms with van der Waals surface area (Å²) in [5, 5.41) is 4.66. The second-order valence-electron chi connectivity index (χ2n) is 8.83. The Morgan fingerprint density at radius 2 is 1.76 bits per heavy atom. The first-order valence-corrected chi connectivity index (χ1v) is 12.9. The van der Waals surface area contributed by atoms with Gasteiger partial charge in [-0.3, -0.25) is 19.3 Å². The van der Waals surface area contributed by atoms with Gasteiger partial charge in [-0.15, -0.1) is 22.7 Å². The summed E-state index contributed by atoms with van der Waals surface area (Å²) < 4.78 is 1.10. The first-order chi connectivity index (χ1) is 16.5. The number of hydrogen-bond acceptors (Lipinski definition) is 6. The van der Waals surface area contributed by atoms with Crippen LogP contribution < -0.4 is 5.32 Å². The molecule has 2 aromatic carbocycles. The highest BCUT2D eigenvalue weighted by atomic mass is 32.1. The van der Waals surface area contributed by atoms with Gasteiger partial charge in [-0.25, -0.2) is 4.98 Å². The van der Waals surface area contributed by atoms with Crippen LogP contribution in [0.5, 0.6) is 0 Å². The van der Waals surface area contributed by atoms with Crippen molar-refractivity contribution in [3.63, 3.8) is 0 Å². The van der Waals surface area contributed by atoms with E-state index in [9.17, 15) is 14.4 Å². The Morgan fingerprint density at radius 1 is 1.06 bits per heavy atom. The van der Waals surface area contributed by atoms with Gasteiger partial charge in [0.2, 0.25) is 5.91 Å². The van der Waals surface area contributed by atoms with Crippen molar-refractivity contribution in [2.45, 2.75) is 26.2 Å². The zero-order valence-corrected chi connectivity index (χ0v) is 20.1. The molecule has 170 valence electrons. The summed E-state index contributed by atoms with van der Waals surface area (Å²) in [6, 6.07) is 14.7. The maximum Gasteiger partial charge on any atom is 0.262 e. The lowest BCUT2D eigenvalue weighted by Gasteiger charge is -2.18. The number of hydrogen-bond donors (Lipinski definition) is 1. The summed E-state index contributed by atoms with van der Waals surface area (Å²) in [7, 11) is 0. The molecule has 6 rings (SSSR count). The van der Waals surface area contributed by atoms with Crippen molar-refractivity contribution < 1.29 is 14.4 Å². The van der Waals surface area contributed by atoms with E-state index in [2.05, 4.69) is 18.3 Å².